The van der Waals surface area contributed by atoms with Crippen LogP contribution in [0.25, 0.3) is 0 Å². The van der Waals surface area contributed by atoms with Crippen molar-refractivity contribution in [2.45, 2.75) is 33.2 Å². The number of anilines is 1. The first-order valence-electron chi connectivity index (χ1n) is 6.14. The molecule has 0 saturated carbocycles. The largest absolute Gasteiger partial charge is 0.481 e. The molecule has 1 aromatic carbocycles. The maximum Gasteiger partial charge on any atom is 0.305 e. The van der Waals surface area contributed by atoms with E-state index in [1.807, 2.05) is 20.8 Å². The fourth-order valence-electron chi connectivity index (χ4n) is 1.74. The number of carbonyl (C=O) groups is 1. The van der Waals surface area contributed by atoms with Crippen LogP contribution in [0.4, 0.5) is 11.4 Å². The number of aliphatic carboxylic acids is 1. The number of nitro benzene ring substituents is 1. The van der Waals surface area contributed by atoms with E-state index in [2.05, 4.69) is 5.32 Å². The lowest BCUT2D eigenvalue weighted by atomic mass is 9.84. The Labute approximate surface area is 132 Å². The van der Waals surface area contributed by atoms with Crippen molar-refractivity contribution in [3.63, 3.8) is 0 Å². The third kappa shape index (κ3) is 4.75. The quantitative estimate of drug-likeness (QED) is 0.621. The molecule has 8 heteroatoms. The van der Waals surface area contributed by atoms with Gasteiger partial charge in [-0.25, -0.2) is 0 Å². The number of nitrogens with zero attached hydrogens (tertiary/aromatic N) is 1. The lowest BCUT2D eigenvalue weighted by Crippen LogP contribution is -2.36. The molecule has 116 valence electrons. The molecule has 0 aliphatic carbocycles. The summed E-state index contributed by atoms with van der Waals surface area (Å²) in [7, 11) is 0. The lowest BCUT2D eigenvalue weighted by molar-refractivity contribution is -0.384. The molecule has 0 fully saturated rings. The topological polar surface area (TPSA) is 92.5 Å². The van der Waals surface area contributed by atoms with Crippen LogP contribution in [-0.2, 0) is 4.79 Å². The number of hydrogen-bond acceptors (Lipinski definition) is 4. The first-order chi connectivity index (χ1) is 9.52. The summed E-state index contributed by atoms with van der Waals surface area (Å²) in [6.45, 7) is 5.53. The van der Waals surface area contributed by atoms with Gasteiger partial charge in [0.1, 0.15) is 5.69 Å². The highest BCUT2D eigenvalue weighted by atomic mass is 35.5. The normalized spacial score (nSPS) is 12.8. The van der Waals surface area contributed by atoms with Crippen LogP contribution in [0, 0.1) is 15.5 Å². The number of nitro groups is 1. The van der Waals surface area contributed by atoms with Gasteiger partial charge in [-0.05, 0) is 11.5 Å². The van der Waals surface area contributed by atoms with E-state index in [1.54, 1.807) is 0 Å². The molecule has 0 spiro atoms. The van der Waals surface area contributed by atoms with E-state index in [1.165, 1.54) is 6.07 Å². The van der Waals surface area contributed by atoms with Gasteiger partial charge in [-0.1, -0.05) is 44.0 Å². The molecule has 1 aromatic rings. The molecule has 0 bridgehead atoms. The molecule has 0 heterocycles. The third-order valence-electron chi connectivity index (χ3n) is 2.99. The van der Waals surface area contributed by atoms with Crippen LogP contribution in [0.2, 0.25) is 10.0 Å². The molecule has 6 nitrogen and oxygen atoms in total. The molecule has 0 aliphatic rings. The summed E-state index contributed by atoms with van der Waals surface area (Å²) in [5.41, 5.74) is -0.516. The van der Waals surface area contributed by atoms with E-state index in [0.29, 0.717) is 0 Å². The van der Waals surface area contributed by atoms with Crippen LogP contribution >= 0.6 is 23.2 Å². The van der Waals surface area contributed by atoms with Gasteiger partial charge in [0.05, 0.1) is 21.4 Å². The Balaban J connectivity index is 3.22. The van der Waals surface area contributed by atoms with Crippen molar-refractivity contribution in [1.29, 1.82) is 0 Å². The van der Waals surface area contributed by atoms with Gasteiger partial charge in [-0.3, -0.25) is 14.9 Å². The second-order valence-electron chi connectivity index (χ2n) is 5.70. The SMILES string of the molecule is CC(C)(C)C(CC(=O)O)Nc1cc(Cl)c(Cl)cc1[N+](=O)[O-]. The van der Waals surface area contributed by atoms with Crippen LogP contribution in [0.5, 0.6) is 0 Å². The zero-order valence-electron chi connectivity index (χ0n) is 11.8. The van der Waals surface area contributed by atoms with E-state index in [4.69, 9.17) is 28.3 Å². The summed E-state index contributed by atoms with van der Waals surface area (Å²) >= 11 is 11.7. The molecule has 0 aromatic heterocycles. The molecule has 0 radical (unpaired) electrons. The number of halogens is 2. The molecule has 2 N–H and O–H groups in total. The molecule has 0 saturated heterocycles. The van der Waals surface area contributed by atoms with Crippen molar-refractivity contribution in [2.24, 2.45) is 5.41 Å². The fourth-order valence-corrected chi connectivity index (χ4v) is 2.06. The van der Waals surface area contributed by atoms with E-state index in [9.17, 15) is 14.9 Å². The summed E-state index contributed by atoms with van der Waals surface area (Å²) in [4.78, 5) is 21.5. The fraction of sp³-hybridized carbons (Fsp3) is 0.462. The Kier molecular flexibility index (Phi) is 5.42. The van der Waals surface area contributed by atoms with Crippen LogP contribution in [0.1, 0.15) is 27.2 Å². The predicted molar refractivity (Wildman–Crippen MR) is 82.2 cm³/mol. The zero-order chi connectivity index (χ0) is 16.4. The second kappa shape index (κ2) is 6.49. The summed E-state index contributed by atoms with van der Waals surface area (Å²) in [6.07, 6.45) is -0.180. The van der Waals surface area contributed by atoms with Crippen molar-refractivity contribution >= 4 is 40.5 Å². The monoisotopic (exact) mass is 334 g/mol. The van der Waals surface area contributed by atoms with Crippen molar-refractivity contribution in [2.75, 3.05) is 5.32 Å². The minimum absolute atomic E-state index is 0.0689. The minimum Gasteiger partial charge on any atom is -0.481 e. The number of carboxylic acid groups (broad SMARTS) is 1. The number of nitrogens with one attached hydrogen (secondary N) is 1. The van der Waals surface area contributed by atoms with E-state index >= 15 is 0 Å². The van der Waals surface area contributed by atoms with Gasteiger partial charge in [-0.2, -0.15) is 0 Å². The highest BCUT2D eigenvalue weighted by Crippen LogP contribution is 2.36. The summed E-state index contributed by atoms with van der Waals surface area (Å²) in [5.74, 6) is -0.995. The van der Waals surface area contributed by atoms with Gasteiger partial charge in [0.15, 0.2) is 0 Å². The molecule has 0 aliphatic heterocycles. The maximum absolute atomic E-state index is 11.1. The number of benzene rings is 1. The molecule has 0 amide bonds. The van der Waals surface area contributed by atoms with Crippen molar-refractivity contribution in [3.05, 3.63) is 32.3 Å². The number of hydrogen-bond donors (Lipinski definition) is 2. The molecular formula is C13H16Cl2N2O4. The van der Waals surface area contributed by atoms with Crippen molar-refractivity contribution in [3.8, 4) is 0 Å². The summed E-state index contributed by atoms with van der Waals surface area (Å²) < 4.78 is 0. The smallest absolute Gasteiger partial charge is 0.305 e. The Bertz CT molecular complexity index is 570. The third-order valence-corrected chi connectivity index (χ3v) is 3.71. The maximum atomic E-state index is 11.1. The van der Waals surface area contributed by atoms with Crippen molar-refractivity contribution in [1.82, 2.24) is 0 Å². The van der Waals surface area contributed by atoms with Crippen LogP contribution in [0.15, 0.2) is 12.1 Å². The minimum atomic E-state index is -0.995. The number of carboxylic acids is 1. The van der Waals surface area contributed by atoms with E-state index in [0.717, 1.165) is 6.07 Å². The molecule has 21 heavy (non-hydrogen) atoms. The first-order valence-corrected chi connectivity index (χ1v) is 6.89. The molecule has 1 rings (SSSR count). The molecular weight excluding hydrogens is 319 g/mol. The summed E-state index contributed by atoms with van der Waals surface area (Å²) in [5, 5.41) is 23.2. The Hall–Kier alpha value is -1.53. The van der Waals surface area contributed by atoms with Gasteiger partial charge >= 0.3 is 5.97 Å². The zero-order valence-corrected chi connectivity index (χ0v) is 13.3. The van der Waals surface area contributed by atoms with Gasteiger partial charge in [0, 0.05) is 12.1 Å². The average molecular weight is 335 g/mol. The lowest BCUT2D eigenvalue weighted by Gasteiger charge is -2.31. The van der Waals surface area contributed by atoms with Crippen molar-refractivity contribution < 1.29 is 14.8 Å². The Morgan fingerprint density at radius 3 is 2.33 bits per heavy atom. The highest BCUT2D eigenvalue weighted by molar-refractivity contribution is 6.42. The van der Waals surface area contributed by atoms with Gasteiger partial charge < -0.3 is 10.4 Å². The Morgan fingerprint density at radius 1 is 1.38 bits per heavy atom. The number of rotatable bonds is 5. The highest BCUT2D eigenvalue weighted by Gasteiger charge is 2.29. The first kappa shape index (κ1) is 17.5. The standard InChI is InChI=1S/C13H16Cl2N2O4/c1-13(2,3)11(6-12(18)19)16-9-4-7(14)8(15)5-10(9)17(20)21/h4-5,11,16H,6H2,1-3H3,(H,18,19). The Morgan fingerprint density at radius 2 is 1.90 bits per heavy atom. The molecule has 1 atom stereocenters. The second-order valence-corrected chi connectivity index (χ2v) is 6.52. The van der Waals surface area contributed by atoms with Crippen LogP contribution in [-0.4, -0.2) is 22.0 Å². The van der Waals surface area contributed by atoms with Crippen LogP contribution < -0.4 is 5.32 Å². The summed E-state index contributed by atoms with van der Waals surface area (Å²) in [6, 6.07) is 1.97. The van der Waals surface area contributed by atoms with Gasteiger partial charge in [-0.15, -0.1) is 0 Å². The molecule has 1 unspecified atom stereocenters. The predicted octanol–water partition coefficient (Wildman–Crippen LogP) is 4.20. The average Bonchev–Trinajstić information content (AvgIpc) is 2.30. The van der Waals surface area contributed by atoms with E-state index < -0.39 is 22.3 Å². The van der Waals surface area contributed by atoms with E-state index in [-0.39, 0.29) is 27.8 Å². The van der Waals surface area contributed by atoms with Crippen LogP contribution in [0.3, 0.4) is 0 Å². The van der Waals surface area contributed by atoms with Gasteiger partial charge in [0.2, 0.25) is 0 Å². The van der Waals surface area contributed by atoms with Gasteiger partial charge in [0.25, 0.3) is 5.69 Å².